The molecule has 0 bridgehead atoms. The Kier molecular flexibility index (Phi) is 4.13. The molecule has 1 aromatic heterocycles. The van der Waals surface area contributed by atoms with Crippen LogP contribution in [0.15, 0.2) is 34.5 Å². The van der Waals surface area contributed by atoms with E-state index in [1.165, 1.54) is 16.2 Å². The van der Waals surface area contributed by atoms with Crippen molar-refractivity contribution in [2.24, 2.45) is 0 Å². The monoisotopic (exact) mass is 277 g/mol. The first-order valence-corrected chi connectivity index (χ1v) is 8.06. The molecule has 18 heavy (non-hydrogen) atoms. The maximum absolute atomic E-state index is 4.74. The SMILES string of the molecule is CCSc1ccc(-c2nc(C(C)(C)C)cs2)cc1. The van der Waals surface area contributed by atoms with E-state index in [0.29, 0.717) is 0 Å². The summed E-state index contributed by atoms with van der Waals surface area (Å²) in [4.78, 5) is 6.07. The van der Waals surface area contributed by atoms with E-state index < -0.39 is 0 Å². The average Bonchev–Trinajstić information content (AvgIpc) is 2.79. The maximum atomic E-state index is 4.74. The number of thioether (sulfide) groups is 1. The van der Waals surface area contributed by atoms with Gasteiger partial charge in [0.25, 0.3) is 0 Å². The largest absolute Gasteiger partial charge is 0.241 e. The van der Waals surface area contributed by atoms with E-state index in [9.17, 15) is 0 Å². The molecule has 0 atom stereocenters. The van der Waals surface area contributed by atoms with Crippen molar-refractivity contribution in [1.82, 2.24) is 4.98 Å². The Morgan fingerprint density at radius 2 is 1.83 bits per heavy atom. The van der Waals surface area contributed by atoms with Gasteiger partial charge in [-0.1, -0.05) is 39.8 Å². The zero-order chi connectivity index (χ0) is 13.2. The second-order valence-corrected chi connectivity index (χ2v) is 7.44. The lowest BCUT2D eigenvalue weighted by Gasteiger charge is -2.14. The summed E-state index contributed by atoms with van der Waals surface area (Å²) in [6, 6.07) is 8.70. The molecule has 0 saturated carbocycles. The van der Waals surface area contributed by atoms with Crippen LogP contribution in [0.4, 0.5) is 0 Å². The van der Waals surface area contributed by atoms with Crippen molar-refractivity contribution in [3.8, 4) is 10.6 Å². The topological polar surface area (TPSA) is 12.9 Å². The van der Waals surface area contributed by atoms with Gasteiger partial charge in [-0.15, -0.1) is 23.1 Å². The minimum atomic E-state index is 0.132. The van der Waals surface area contributed by atoms with Crippen molar-refractivity contribution < 1.29 is 0 Å². The third kappa shape index (κ3) is 3.15. The number of thiazole rings is 1. The Balaban J connectivity index is 2.23. The number of hydrogen-bond donors (Lipinski definition) is 0. The highest BCUT2D eigenvalue weighted by Gasteiger charge is 2.17. The molecule has 2 aromatic rings. The van der Waals surface area contributed by atoms with Gasteiger partial charge >= 0.3 is 0 Å². The summed E-state index contributed by atoms with van der Waals surface area (Å²) in [6.45, 7) is 8.78. The number of benzene rings is 1. The van der Waals surface area contributed by atoms with E-state index in [2.05, 4.69) is 57.3 Å². The Morgan fingerprint density at radius 1 is 1.17 bits per heavy atom. The first kappa shape index (κ1) is 13.6. The summed E-state index contributed by atoms with van der Waals surface area (Å²) in [5.41, 5.74) is 2.53. The molecule has 1 nitrogen and oxygen atoms in total. The molecule has 3 heteroatoms. The summed E-state index contributed by atoms with van der Waals surface area (Å²) in [7, 11) is 0. The van der Waals surface area contributed by atoms with Crippen LogP contribution in [0.25, 0.3) is 10.6 Å². The van der Waals surface area contributed by atoms with Gasteiger partial charge in [-0.05, 0) is 17.9 Å². The van der Waals surface area contributed by atoms with Crippen molar-refractivity contribution >= 4 is 23.1 Å². The van der Waals surface area contributed by atoms with Crippen LogP contribution in [0.5, 0.6) is 0 Å². The second-order valence-electron chi connectivity index (χ2n) is 5.25. The molecule has 0 spiro atoms. The van der Waals surface area contributed by atoms with Gasteiger partial charge in [0.1, 0.15) is 5.01 Å². The van der Waals surface area contributed by atoms with Crippen LogP contribution in [-0.4, -0.2) is 10.7 Å². The lowest BCUT2D eigenvalue weighted by atomic mass is 9.93. The summed E-state index contributed by atoms with van der Waals surface area (Å²) in [5.74, 6) is 1.12. The van der Waals surface area contributed by atoms with Crippen LogP contribution in [0, 0.1) is 0 Å². The minimum Gasteiger partial charge on any atom is -0.241 e. The van der Waals surface area contributed by atoms with Gasteiger partial charge in [-0.3, -0.25) is 0 Å². The first-order valence-electron chi connectivity index (χ1n) is 6.20. The van der Waals surface area contributed by atoms with Gasteiger partial charge in [0, 0.05) is 21.3 Å². The summed E-state index contributed by atoms with van der Waals surface area (Å²) >= 11 is 3.60. The van der Waals surface area contributed by atoms with Crippen LogP contribution in [-0.2, 0) is 5.41 Å². The summed E-state index contributed by atoms with van der Waals surface area (Å²) in [5, 5.41) is 3.29. The molecule has 1 heterocycles. The molecular formula is C15H19NS2. The molecule has 1 aromatic carbocycles. The molecule has 0 N–H and O–H groups in total. The quantitative estimate of drug-likeness (QED) is 0.713. The van der Waals surface area contributed by atoms with E-state index in [-0.39, 0.29) is 5.41 Å². The van der Waals surface area contributed by atoms with E-state index >= 15 is 0 Å². The molecule has 2 rings (SSSR count). The number of aromatic nitrogens is 1. The molecular weight excluding hydrogens is 258 g/mol. The molecule has 0 aliphatic heterocycles. The van der Waals surface area contributed by atoms with E-state index in [0.717, 1.165) is 10.8 Å². The first-order chi connectivity index (χ1) is 8.50. The Hall–Kier alpha value is -0.800. The normalized spacial score (nSPS) is 11.8. The number of hydrogen-bond acceptors (Lipinski definition) is 3. The number of rotatable bonds is 3. The molecule has 0 saturated heterocycles. The Morgan fingerprint density at radius 3 is 2.33 bits per heavy atom. The van der Waals surface area contributed by atoms with E-state index in [1.54, 1.807) is 11.3 Å². The highest BCUT2D eigenvalue weighted by molar-refractivity contribution is 7.99. The summed E-state index contributed by atoms with van der Waals surface area (Å²) < 4.78 is 0. The molecule has 0 radical (unpaired) electrons. The molecule has 96 valence electrons. The molecule has 0 unspecified atom stereocenters. The molecule has 0 fully saturated rings. The van der Waals surface area contributed by atoms with Crippen LogP contribution in [0.2, 0.25) is 0 Å². The minimum absolute atomic E-state index is 0.132. The van der Waals surface area contributed by atoms with Crippen LogP contribution < -0.4 is 0 Å². The van der Waals surface area contributed by atoms with E-state index in [1.807, 2.05) is 11.8 Å². The van der Waals surface area contributed by atoms with Crippen molar-refractivity contribution in [1.29, 1.82) is 0 Å². The third-order valence-corrected chi connectivity index (χ3v) is 4.47. The van der Waals surface area contributed by atoms with Gasteiger partial charge in [0.2, 0.25) is 0 Å². The van der Waals surface area contributed by atoms with Crippen molar-refractivity contribution in [2.75, 3.05) is 5.75 Å². The van der Waals surface area contributed by atoms with Crippen LogP contribution >= 0.6 is 23.1 Å². The molecule has 0 aliphatic rings. The van der Waals surface area contributed by atoms with Crippen LogP contribution in [0.3, 0.4) is 0 Å². The fourth-order valence-corrected chi connectivity index (χ4v) is 3.33. The average molecular weight is 277 g/mol. The van der Waals surface area contributed by atoms with Gasteiger partial charge in [-0.2, -0.15) is 0 Å². The number of nitrogens with zero attached hydrogens (tertiary/aromatic N) is 1. The van der Waals surface area contributed by atoms with Crippen LogP contribution in [0.1, 0.15) is 33.4 Å². The van der Waals surface area contributed by atoms with Gasteiger partial charge in [0.15, 0.2) is 0 Å². The predicted molar refractivity (Wildman–Crippen MR) is 82.6 cm³/mol. The standard InChI is InChI=1S/C15H19NS2/c1-5-17-12-8-6-11(7-9-12)14-16-13(10-18-14)15(2,3)4/h6-10H,5H2,1-4H3. The van der Waals surface area contributed by atoms with Crippen molar-refractivity contribution in [3.05, 3.63) is 35.3 Å². The third-order valence-electron chi connectivity index (χ3n) is 2.68. The Bertz CT molecular complexity index is 506. The predicted octanol–water partition coefficient (Wildman–Crippen LogP) is 5.22. The Labute approximate surface area is 118 Å². The van der Waals surface area contributed by atoms with Crippen molar-refractivity contribution in [2.45, 2.75) is 38.0 Å². The highest BCUT2D eigenvalue weighted by Crippen LogP contribution is 2.30. The van der Waals surface area contributed by atoms with Crippen molar-refractivity contribution in [3.63, 3.8) is 0 Å². The smallest absolute Gasteiger partial charge is 0.123 e. The maximum Gasteiger partial charge on any atom is 0.123 e. The second kappa shape index (κ2) is 5.45. The van der Waals surface area contributed by atoms with E-state index in [4.69, 9.17) is 4.98 Å². The fraction of sp³-hybridized carbons (Fsp3) is 0.400. The zero-order valence-electron chi connectivity index (χ0n) is 11.4. The fourth-order valence-electron chi connectivity index (χ4n) is 1.61. The van der Waals surface area contributed by atoms with Gasteiger partial charge in [-0.25, -0.2) is 4.98 Å². The zero-order valence-corrected chi connectivity index (χ0v) is 13.0. The molecule has 0 amide bonds. The van der Waals surface area contributed by atoms with Gasteiger partial charge < -0.3 is 0 Å². The summed E-state index contributed by atoms with van der Waals surface area (Å²) in [6.07, 6.45) is 0. The lowest BCUT2D eigenvalue weighted by Crippen LogP contribution is -2.11. The highest BCUT2D eigenvalue weighted by atomic mass is 32.2. The molecule has 0 aliphatic carbocycles. The lowest BCUT2D eigenvalue weighted by molar-refractivity contribution is 0.573. The van der Waals surface area contributed by atoms with Gasteiger partial charge in [0.05, 0.1) is 5.69 Å².